The molecule has 1 N–H and O–H groups in total. The zero-order chi connectivity index (χ0) is 30.2. The summed E-state index contributed by atoms with van der Waals surface area (Å²) in [5.74, 6) is -2.63. The van der Waals surface area contributed by atoms with E-state index >= 15 is 0 Å². The normalized spacial score (nSPS) is 9.68. The van der Waals surface area contributed by atoms with E-state index in [2.05, 4.69) is 57.2 Å². The Kier molecular flexibility index (Phi) is 13.5. The highest BCUT2D eigenvalue weighted by Gasteiger charge is 2.25. The van der Waals surface area contributed by atoms with E-state index < -0.39 is 23.9 Å². The number of nitrogens with zero attached hydrogens (tertiary/aromatic N) is 3. The van der Waals surface area contributed by atoms with Crippen LogP contribution in [0, 0.1) is 0 Å². The number of rotatable bonds is 7. The van der Waals surface area contributed by atoms with Crippen molar-refractivity contribution in [3.8, 4) is 0 Å². The molecule has 0 spiro atoms. The number of alkyl halides is 1. The van der Waals surface area contributed by atoms with E-state index in [0.29, 0.717) is 6.54 Å². The minimum Gasteiger partial charge on any atom is -0.464 e. The van der Waals surface area contributed by atoms with Crippen molar-refractivity contribution in [2.75, 3.05) is 28.4 Å². The summed E-state index contributed by atoms with van der Waals surface area (Å²) in [5, 5.41) is 0.952. The average Bonchev–Trinajstić information content (AvgIpc) is 3.69. The van der Waals surface area contributed by atoms with Crippen LogP contribution in [0.15, 0.2) is 73.3 Å². The van der Waals surface area contributed by atoms with E-state index in [4.69, 9.17) is 4.74 Å². The largest absolute Gasteiger partial charge is 0.464 e. The molecule has 0 atom stereocenters. The Bertz CT molecular complexity index is 1390. The van der Waals surface area contributed by atoms with Gasteiger partial charge in [-0.25, -0.2) is 29.1 Å². The summed E-state index contributed by atoms with van der Waals surface area (Å²) in [4.78, 5) is 55.5. The van der Waals surface area contributed by atoms with Crippen molar-refractivity contribution in [1.82, 2.24) is 19.5 Å². The molecule has 2 aromatic heterocycles. The molecule has 41 heavy (non-hydrogen) atoms. The van der Waals surface area contributed by atoms with Crippen LogP contribution >= 0.6 is 15.9 Å². The van der Waals surface area contributed by atoms with Crippen molar-refractivity contribution < 1.29 is 38.1 Å². The van der Waals surface area contributed by atoms with Gasteiger partial charge in [-0.2, -0.15) is 0 Å². The molecule has 0 amide bonds. The number of carbonyl (C=O) groups excluding carboxylic acids is 4. The topological polar surface area (TPSA) is 152 Å². The van der Waals surface area contributed by atoms with E-state index in [1.54, 1.807) is 4.57 Å². The molecule has 0 saturated heterocycles. The summed E-state index contributed by atoms with van der Waals surface area (Å²) in [5.41, 5.74) is 2.26. The molecular weight excluding hydrogens is 600 g/mol. The van der Waals surface area contributed by atoms with Crippen LogP contribution in [0.1, 0.15) is 53.1 Å². The molecule has 0 unspecified atom stereocenters. The van der Waals surface area contributed by atoms with Crippen LogP contribution in [0.2, 0.25) is 0 Å². The second-order valence-electron chi connectivity index (χ2n) is 7.77. The number of H-pyrrole nitrogens is 1. The molecule has 12 nitrogen and oxygen atoms in total. The molecule has 2 aromatic carbocycles. The first-order valence-corrected chi connectivity index (χ1v) is 13.0. The molecule has 0 aliphatic carbocycles. The number of esters is 4. The first-order valence-electron chi connectivity index (χ1n) is 11.9. The molecule has 13 heteroatoms. The van der Waals surface area contributed by atoms with Gasteiger partial charge in [0.1, 0.15) is 0 Å². The van der Waals surface area contributed by atoms with Gasteiger partial charge in [0.2, 0.25) is 0 Å². The molecule has 0 aliphatic heterocycles. The number of imidazole rings is 2. The highest BCUT2D eigenvalue weighted by atomic mass is 79.9. The van der Waals surface area contributed by atoms with Gasteiger partial charge in [0.15, 0.2) is 22.8 Å². The first-order chi connectivity index (χ1) is 19.8. The maximum atomic E-state index is 11.8. The molecule has 0 aliphatic rings. The lowest BCUT2D eigenvalue weighted by molar-refractivity contribution is 0.0544. The molecule has 0 saturated carbocycles. The molecule has 2 heterocycles. The summed E-state index contributed by atoms with van der Waals surface area (Å²) < 4.78 is 19.7. The van der Waals surface area contributed by atoms with Crippen molar-refractivity contribution in [1.29, 1.82) is 0 Å². The molecule has 216 valence electrons. The summed E-state index contributed by atoms with van der Waals surface area (Å²) in [6.45, 7) is 0.412. The fraction of sp³-hybridized carbons (Fsp3) is 0.214. The minimum atomic E-state index is -0.679. The fourth-order valence-corrected chi connectivity index (χ4v) is 3.58. The van der Waals surface area contributed by atoms with Crippen LogP contribution in [0.4, 0.5) is 0 Å². The van der Waals surface area contributed by atoms with Gasteiger partial charge in [-0.3, -0.25) is 0 Å². The number of methoxy groups -OCH3 is 4. The van der Waals surface area contributed by atoms with Gasteiger partial charge < -0.3 is 28.5 Å². The number of aromatic nitrogens is 4. The second kappa shape index (κ2) is 17.0. The zero-order valence-corrected chi connectivity index (χ0v) is 24.4. The summed E-state index contributed by atoms with van der Waals surface area (Å²) in [6, 6.07) is 19.8. The maximum Gasteiger partial charge on any atom is 0.359 e. The Labute approximate surface area is 244 Å². The van der Waals surface area contributed by atoms with Crippen LogP contribution in [-0.4, -0.2) is 71.8 Å². The number of halogens is 1. The van der Waals surface area contributed by atoms with E-state index in [9.17, 15) is 19.2 Å². The quantitative estimate of drug-likeness (QED) is 0.180. The minimum absolute atomic E-state index is 0.00523. The van der Waals surface area contributed by atoms with E-state index in [1.165, 1.54) is 46.7 Å². The monoisotopic (exact) mass is 628 g/mol. The molecule has 0 bridgehead atoms. The van der Waals surface area contributed by atoms with Gasteiger partial charge >= 0.3 is 23.9 Å². The predicted molar refractivity (Wildman–Crippen MR) is 151 cm³/mol. The molecule has 4 rings (SSSR count). The lowest BCUT2D eigenvalue weighted by Crippen LogP contribution is -2.16. The van der Waals surface area contributed by atoms with Crippen molar-refractivity contribution in [3.63, 3.8) is 0 Å². The first kappa shape index (κ1) is 32.4. The van der Waals surface area contributed by atoms with E-state index in [-0.39, 0.29) is 22.8 Å². The lowest BCUT2D eigenvalue weighted by Gasteiger charge is -2.07. The number of hydrogen-bond donors (Lipinski definition) is 1. The summed E-state index contributed by atoms with van der Waals surface area (Å²) in [7, 11) is 4.91. The smallest absolute Gasteiger partial charge is 0.359 e. The van der Waals surface area contributed by atoms with Gasteiger partial charge in [0.05, 0.1) is 41.1 Å². The van der Waals surface area contributed by atoms with Crippen LogP contribution in [0.3, 0.4) is 0 Å². The number of carbonyl (C=O) groups is 4. The second-order valence-corrected chi connectivity index (χ2v) is 8.33. The highest BCUT2D eigenvalue weighted by Crippen LogP contribution is 2.13. The Hall–Kier alpha value is -4.78. The van der Waals surface area contributed by atoms with Crippen LogP contribution in [0.25, 0.3) is 0 Å². The Morgan fingerprint density at radius 1 is 0.707 bits per heavy atom. The third kappa shape index (κ3) is 9.42. The number of nitrogens with one attached hydrogen (secondary N) is 1. The third-order valence-electron chi connectivity index (χ3n) is 5.20. The van der Waals surface area contributed by atoms with Crippen molar-refractivity contribution in [2.45, 2.75) is 11.9 Å². The number of benzene rings is 2. The number of aromatic amines is 1. The van der Waals surface area contributed by atoms with Crippen LogP contribution in [-0.2, 0) is 30.8 Å². The molecule has 0 fully saturated rings. The van der Waals surface area contributed by atoms with Gasteiger partial charge in [-0.15, -0.1) is 0 Å². The summed E-state index contributed by atoms with van der Waals surface area (Å²) >= 11 is 3.36. The number of ether oxygens (including phenoxy) is 4. The van der Waals surface area contributed by atoms with Gasteiger partial charge in [-0.1, -0.05) is 76.6 Å². The molecule has 0 radical (unpaired) electrons. The van der Waals surface area contributed by atoms with Crippen LogP contribution < -0.4 is 0 Å². The predicted octanol–water partition coefficient (Wildman–Crippen LogP) is 4.07. The molecular formula is C28H29BrN4O8. The maximum absolute atomic E-state index is 11.8. The Morgan fingerprint density at radius 2 is 1.22 bits per heavy atom. The molecule has 4 aromatic rings. The van der Waals surface area contributed by atoms with E-state index in [0.717, 1.165) is 10.9 Å². The highest BCUT2D eigenvalue weighted by molar-refractivity contribution is 9.08. The Morgan fingerprint density at radius 3 is 1.71 bits per heavy atom. The van der Waals surface area contributed by atoms with Gasteiger partial charge in [0, 0.05) is 11.9 Å². The zero-order valence-electron chi connectivity index (χ0n) is 22.8. The van der Waals surface area contributed by atoms with Crippen molar-refractivity contribution >= 4 is 39.8 Å². The number of hydrogen-bond acceptors (Lipinski definition) is 10. The third-order valence-corrected chi connectivity index (χ3v) is 5.84. The lowest BCUT2D eigenvalue weighted by atomic mass is 10.2. The van der Waals surface area contributed by atoms with Crippen molar-refractivity contribution in [3.05, 3.63) is 107 Å². The van der Waals surface area contributed by atoms with E-state index in [1.807, 2.05) is 48.5 Å². The summed E-state index contributed by atoms with van der Waals surface area (Å²) in [6.07, 6.45) is 2.64. The van der Waals surface area contributed by atoms with Gasteiger partial charge in [0.25, 0.3) is 0 Å². The fourth-order valence-electron chi connectivity index (χ4n) is 3.21. The van der Waals surface area contributed by atoms with Crippen LogP contribution in [0.5, 0.6) is 0 Å². The van der Waals surface area contributed by atoms with Crippen molar-refractivity contribution in [2.24, 2.45) is 0 Å². The standard InChI is InChI=1S/C14H14N2O4.C7H7Br.C7H8N2O4/c1-19-13(17)11-12(14(18)20-2)16(9-15-11)8-10-6-4-3-5-7-10;8-6-7-4-2-1-3-5-7;1-12-6(10)4-5(7(11)13-2)9-3-8-4/h3-7,9H,8H2,1-2H3;1-5H,6H2;3H,1-2H3,(H,8,9). The van der Waals surface area contributed by atoms with Gasteiger partial charge in [-0.05, 0) is 11.1 Å². The SMILES string of the molecule is BrCc1ccccc1.COC(=O)c1nc[nH]c1C(=O)OC.COC(=O)c1ncn(Cc2ccccc2)c1C(=O)OC. The average molecular weight is 629 g/mol. The Balaban J connectivity index is 0.000000239.